The van der Waals surface area contributed by atoms with Crippen LogP contribution in [0.3, 0.4) is 0 Å². The van der Waals surface area contributed by atoms with Gasteiger partial charge < -0.3 is 5.73 Å². The molecule has 2 N–H and O–H groups in total. The van der Waals surface area contributed by atoms with Crippen molar-refractivity contribution >= 4 is 0 Å². The molecule has 1 fully saturated rings. The van der Waals surface area contributed by atoms with E-state index in [0.717, 1.165) is 5.92 Å². The molecule has 0 radical (unpaired) electrons. The molecule has 0 aromatic carbocycles. The molecular formula is C12H25N. The largest absolute Gasteiger partial charge is 0.327 e. The van der Waals surface area contributed by atoms with Crippen molar-refractivity contribution in [3.63, 3.8) is 0 Å². The third-order valence-corrected chi connectivity index (χ3v) is 4.01. The van der Waals surface area contributed by atoms with E-state index in [9.17, 15) is 0 Å². The van der Waals surface area contributed by atoms with Crippen LogP contribution >= 0.6 is 0 Å². The van der Waals surface area contributed by atoms with Gasteiger partial charge in [-0.1, -0.05) is 41.0 Å². The van der Waals surface area contributed by atoms with E-state index in [0.29, 0.717) is 16.9 Å². The first-order valence-electron chi connectivity index (χ1n) is 5.54. The molecule has 0 spiro atoms. The Morgan fingerprint density at radius 1 is 1.38 bits per heavy atom. The summed E-state index contributed by atoms with van der Waals surface area (Å²) in [7, 11) is 0. The molecule has 1 heteroatoms. The van der Waals surface area contributed by atoms with E-state index in [-0.39, 0.29) is 0 Å². The van der Waals surface area contributed by atoms with E-state index in [1.165, 1.54) is 19.3 Å². The second kappa shape index (κ2) is 3.27. The van der Waals surface area contributed by atoms with Crippen molar-refractivity contribution in [2.75, 3.05) is 0 Å². The van der Waals surface area contributed by atoms with Crippen LogP contribution in [0, 0.1) is 16.7 Å². The summed E-state index contributed by atoms with van der Waals surface area (Å²) in [5.74, 6) is 0.738. The lowest BCUT2D eigenvalue weighted by Crippen LogP contribution is -2.54. The zero-order valence-electron chi connectivity index (χ0n) is 9.85. The minimum Gasteiger partial charge on any atom is -0.327 e. The summed E-state index contributed by atoms with van der Waals surface area (Å²) in [5, 5.41) is 0. The third kappa shape index (κ3) is 2.25. The van der Waals surface area contributed by atoms with Gasteiger partial charge in [0.25, 0.3) is 0 Å². The van der Waals surface area contributed by atoms with Gasteiger partial charge in [0.1, 0.15) is 0 Å². The molecular weight excluding hydrogens is 158 g/mol. The van der Waals surface area contributed by atoms with Crippen LogP contribution < -0.4 is 5.73 Å². The van der Waals surface area contributed by atoms with Crippen LogP contribution in [0.5, 0.6) is 0 Å². The number of nitrogens with two attached hydrogens (primary N) is 1. The minimum atomic E-state index is 0.459. The lowest BCUT2D eigenvalue weighted by Gasteiger charge is -2.52. The molecule has 1 rings (SSSR count). The molecule has 0 aliphatic heterocycles. The van der Waals surface area contributed by atoms with Crippen LogP contribution in [0.1, 0.15) is 53.9 Å². The molecule has 0 saturated heterocycles. The zero-order chi connectivity index (χ0) is 10.3. The average molecular weight is 183 g/mol. The summed E-state index contributed by atoms with van der Waals surface area (Å²) in [5.41, 5.74) is 7.02. The molecule has 0 aromatic rings. The summed E-state index contributed by atoms with van der Waals surface area (Å²) in [6, 6.07) is 0.459. The Kier molecular flexibility index (Phi) is 2.78. The summed E-state index contributed by atoms with van der Waals surface area (Å²) in [4.78, 5) is 0. The SMILES string of the molecule is CCC(C)(C)CC1C(N)CC1(C)C. The lowest BCUT2D eigenvalue weighted by atomic mass is 9.55. The molecule has 2 atom stereocenters. The van der Waals surface area contributed by atoms with Crippen LogP contribution in [-0.4, -0.2) is 6.04 Å². The second-order valence-corrected chi connectivity index (χ2v) is 6.18. The normalized spacial score (nSPS) is 32.8. The van der Waals surface area contributed by atoms with Gasteiger partial charge in [-0.25, -0.2) is 0 Å². The first-order chi connectivity index (χ1) is 5.78. The van der Waals surface area contributed by atoms with E-state index in [1.54, 1.807) is 0 Å². The highest BCUT2D eigenvalue weighted by Gasteiger charge is 2.46. The van der Waals surface area contributed by atoms with E-state index >= 15 is 0 Å². The summed E-state index contributed by atoms with van der Waals surface area (Å²) in [6.07, 6.45) is 3.75. The highest BCUT2D eigenvalue weighted by molar-refractivity contribution is 5.00. The minimum absolute atomic E-state index is 0.459. The molecule has 1 aliphatic rings. The standard InChI is InChI=1S/C12H25N/c1-6-11(2,3)7-9-10(13)8-12(9,4)5/h9-10H,6-8,13H2,1-5H3. The van der Waals surface area contributed by atoms with Crippen molar-refractivity contribution < 1.29 is 0 Å². The first kappa shape index (κ1) is 11.0. The van der Waals surface area contributed by atoms with Gasteiger partial charge in [-0.3, -0.25) is 0 Å². The maximum Gasteiger partial charge on any atom is 0.00776 e. The molecule has 13 heavy (non-hydrogen) atoms. The Morgan fingerprint density at radius 2 is 1.92 bits per heavy atom. The predicted octanol–water partition coefficient (Wildman–Crippen LogP) is 3.19. The van der Waals surface area contributed by atoms with Gasteiger partial charge in [-0.05, 0) is 29.6 Å². The maximum absolute atomic E-state index is 6.06. The monoisotopic (exact) mass is 183 g/mol. The fourth-order valence-corrected chi connectivity index (χ4v) is 2.49. The molecule has 0 amide bonds. The van der Waals surface area contributed by atoms with Gasteiger partial charge in [0.05, 0.1) is 0 Å². The smallest absolute Gasteiger partial charge is 0.00776 e. The Hall–Kier alpha value is -0.0400. The van der Waals surface area contributed by atoms with Crippen molar-refractivity contribution in [3.8, 4) is 0 Å². The van der Waals surface area contributed by atoms with E-state index in [4.69, 9.17) is 5.73 Å². The van der Waals surface area contributed by atoms with E-state index in [2.05, 4.69) is 34.6 Å². The number of hydrogen-bond donors (Lipinski definition) is 1. The van der Waals surface area contributed by atoms with Gasteiger partial charge in [-0.15, -0.1) is 0 Å². The van der Waals surface area contributed by atoms with Crippen LogP contribution in [0.2, 0.25) is 0 Å². The van der Waals surface area contributed by atoms with Crippen molar-refractivity contribution in [1.29, 1.82) is 0 Å². The van der Waals surface area contributed by atoms with Crippen LogP contribution in [0.15, 0.2) is 0 Å². The van der Waals surface area contributed by atoms with E-state index in [1.807, 2.05) is 0 Å². The Balaban J connectivity index is 2.54. The highest BCUT2D eigenvalue weighted by atomic mass is 14.7. The van der Waals surface area contributed by atoms with Crippen molar-refractivity contribution in [2.24, 2.45) is 22.5 Å². The van der Waals surface area contributed by atoms with Gasteiger partial charge in [0, 0.05) is 6.04 Å². The summed E-state index contributed by atoms with van der Waals surface area (Å²) in [6.45, 7) is 11.7. The molecule has 0 heterocycles. The Bertz CT molecular complexity index is 182. The molecule has 1 nitrogen and oxygen atoms in total. The third-order valence-electron chi connectivity index (χ3n) is 4.01. The first-order valence-corrected chi connectivity index (χ1v) is 5.54. The number of rotatable bonds is 3. The topological polar surface area (TPSA) is 26.0 Å². The summed E-state index contributed by atoms with van der Waals surface area (Å²) < 4.78 is 0. The van der Waals surface area contributed by atoms with Crippen molar-refractivity contribution in [2.45, 2.75) is 59.9 Å². The van der Waals surface area contributed by atoms with Crippen LogP contribution in [0.25, 0.3) is 0 Å². The molecule has 0 aromatic heterocycles. The van der Waals surface area contributed by atoms with E-state index < -0.39 is 0 Å². The Labute approximate surface area is 83.1 Å². The van der Waals surface area contributed by atoms with Gasteiger partial charge in [0.2, 0.25) is 0 Å². The van der Waals surface area contributed by atoms with Gasteiger partial charge in [-0.2, -0.15) is 0 Å². The maximum atomic E-state index is 6.06. The second-order valence-electron chi connectivity index (χ2n) is 6.18. The summed E-state index contributed by atoms with van der Waals surface area (Å²) >= 11 is 0. The van der Waals surface area contributed by atoms with Gasteiger partial charge in [0.15, 0.2) is 0 Å². The molecule has 2 unspecified atom stereocenters. The fraction of sp³-hybridized carbons (Fsp3) is 1.00. The fourth-order valence-electron chi connectivity index (χ4n) is 2.49. The molecule has 1 aliphatic carbocycles. The van der Waals surface area contributed by atoms with Crippen LogP contribution in [-0.2, 0) is 0 Å². The quantitative estimate of drug-likeness (QED) is 0.714. The number of hydrogen-bond acceptors (Lipinski definition) is 1. The Morgan fingerprint density at radius 3 is 2.23 bits per heavy atom. The lowest BCUT2D eigenvalue weighted by molar-refractivity contribution is 0.00546. The van der Waals surface area contributed by atoms with Crippen molar-refractivity contribution in [1.82, 2.24) is 0 Å². The van der Waals surface area contributed by atoms with Crippen LogP contribution in [0.4, 0.5) is 0 Å². The predicted molar refractivity (Wildman–Crippen MR) is 58.6 cm³/mol. The van der Waals surface area contributed by atoms with Gasteiger partial charge >= 0.3 is 0 Å². The zero-order valence-corrected chi connectivity index (χ0v) is 9.85. The molecule has 78 valence electrons. The molecule has 0 bridgehead atoms. The highest BCUT2D eigenvalue weighted by Crippen LogP contribution is 2.50. The average Bonchev–Trinajstić information content (AvgIpc) is 2.00. The molecule has 1 saturated carbocycles. The van der Waals surface area contributed by atoms with Crippen molar-refractivity contribution in [3.05, 3.63) is 0 Å².